The summed E-state index contributed by atoms with van der Waals surface area (Å²) in [7, 11) is 0. The number of hydrogen-bond acceptors (Lipinski definition) is 6. The summed E-state index contributed by atoms with van der Waals surface area (Å²) >= 11 is 0. The molecule has 7 heteroatoms. The summed E-state index contributed by atoms with van der Waals surface area (Å²) in [6.45, 7) is 6.37. The van der Waals surface area contributed by atoms with Gasteiger partial charge in [0.2, 0.25) is 5.88 Å². The van der Waals surface area contributed by atoms with Crippen molar-refractivity contribution in [3.05, 3.63) is 136 Å². The van der Waals surface area contributed by atoms with Crippen molar-refractivity contribution < 1.29 is 23.4 Å². The van der Waals surface area contributed by atoms with Crippen LogP contribution in [0.15, 0.2) is 102 Å². The lowest BCUT2D eigenvalue weighted by molar-refractivity contribution is 0.0734. The lowest BCUT2D eigenvalue weighted by Gasteiger charge is -2.27. The van der Waals surface area contributed by atoms with E-state index in [1.807, 2.05) is 18.2 Å². The molecule has 0 bridgehead atoms. The van der Waals surface area contributed by atoms with Crippen molar-refractivity contribution in [2.75, 3.05) is 0 Å². The maximum atomic E-state index is 14.1. The molecule has 0 radical (unpaired) electrons. The standard InChI is InChI=1S/C34H29FN2O4/c1-34(2,3)24-13-11-21(12-14-24)33(38)40-26-15-16-27-30(18-26)41-32(37)28(19-36)31(27)22-8-6-9-25(17-22)39-20-23-7-4-5-10-29(23)35/h4-18,31H,20,37H2,1-3H3. The second-order valence-electron chi connectivity index (χ2n) is 10.8. The van der Waals surface area contributed by atoms with Crippen LogP contribution in [0.1, 0.15) is 59.3 Å². The van der Waals surface area contributed by atoms with Crippen molar-refractivity contribution in [3.8, 4) is 23.3 Å². The summed E-state index contributed by atoms with van der Waals surface area (Å²) < 4.78 is 31.3. The molecule has 41 heavy (non-hydrogen) atoms. The topological polar surface area (TPSA) is 94.6 Å². The zero-order chi connectivity index (χ0) is 29.1. The Labute approximate surface area is 238 Å². The molecule has 0 spiro atoms. The van der Waals surface area contributed by atoms with E-state index in [1.54, 1.807) is 66.7 Å². The number of rotatable bonds is 6. The number of nitrogens with two attached hydrogens (primary N) is 1. The first kappa shape index (κ1) is 27.5. The lowest BCUT2D eigenvalue weighted by Crippen LogP contribution is -2.21. The largest absolute Gasteiger partial charge is 0.489 e. The van der Waals surface area contributed by atoms with Crippen LogP contribution in [0.25, 0.3) is 0 Å². The fraction of sp³-hybridized carbons (Fsp3) is 0.176. The summed E-state index contributed by atoms with van der Waals surface area (Å²) in [5.41, 5.74) is 9.76. The molecule has 206 valence electrons. The molecule has 1 aliphatic heterocycles. The summed E-state index contributed by atoms with van der Waals surface area (Å²) in [6, 6.07) is 28.1. The van der Waals surface area contributed by atoms with E-state index in [0.29, 0.717) is 28.2 Å². The molecule has 0 aliphatic carbocycles. The molecule has 5 rings (SSSR count). The minimum absolute atomic E-state index is 0.0318. The van der Waals surface area contributed by atoms with E-state index in [0.717, 1.165) is 11.1 Å². The van der Waals surface area contributed by atoms with Crippen molar-refractivity contribution in [1.29, 1.82) is 5.26 Å². The molecule has 0 fully saturated rings. The molecule has 1 unspecified atom stereocenters. The third-order valence-electron chi connectivity index (χ3n) is 6.93. The van der Waals surface area contributed by atoms with Crippen molar-refractivity contribution in [2.24, 2.45) is 5.73 Å². The quantitative estimate of drug-likeness (QED) is 0.203. The molecule has 1 aliphatic rings. The highest BCUT2D eigenvalue weighted by Crippen LogP contribution is 2.44. The first-order valence-corrected chi connectivity index (χ1v) is 13.1. The fourth-order valence-electron chi connectivity index (χ4n) is 4.67. The van der Waals surface area contributed by atoms with Crippen LogP contribution in [0.4, 0.5) is 4.39 Å². The number of benzene rings is 4. The number of fused-ring (bicyclic) bond motifs is 1. The number of nitrogens with zero attached hydrogens (tertiary/aromatic N) is 1. The van der Waals surface area contributed by atoms with Gasteiger partial charge in [0.1, 0.15) is 41.3 Å². The molecule has 2 N–H and O–H groups in total. The Kier molecular flexibility index (Phi) is 7.50. The van der Waals surface area contributed by atoms with Crippen molar-refractivity contribution in [3.63, 3.8) is 0 Å². The molecule has 4 aromatic rings. The zero-order valence-corrected chi connectivity index (χ0v) is 23.0. The van der Waals surface area contributed by atoms with Gasteiger partial charge in [0.15, 0.2) is 0 Å². The van der Waals surface area contributed by atoms with Crippen molar-refractivity contribution in [2.45, 2.75) is 38.7 Å². The number of carbonyl (C=O) groups excluding carboxylic acids is 1. The average Bonchev–Trinajstić information content (AvgIpc) is 2.95. The van der Waals surface area contributed by atoms with E-state index in [4.69, 9.17) is 19.9 Å². The second-order valence-corrected chi connectivity index (χ2v) is 10.8. The Morgan fingerprint density at radius 1 is 0.976 bits per heavy atom. The van der Waals surface area contributed by atoms with Crippen LogP contribution < -0.4 is 19.9 Å². The number of carbonyl (C=O) groups is 1. The Hall–Kier alpha value is -5.09. The number of allylic oxidation sites excluding steroid dienone is 1. The highest BCUT2D eigenvalue weighted by Gasteiger charge is 2.31. The number of hydrogen-bond donors (Lipinski definition) is 1. The van der Waals surface area contributed by atoms with Gasteiger partial charge in [0, 0.05) is 17.2 Å². The number of halogens is 1. The molecular formula is C34H29FN2O4. The molecule has 1 heterocycles. The Bertz CT molecular complexity index is 1680. The van der Waals surface area contributed by atoms with E-state index in [-0.39, 0.29) is 35.0 Å². The van der Waals surface area contributed by atoms with Gasteiger partial charge in [-0.15, -0.1) is 0 Å². The fourth-order valence-corrected chi connectivity index (χ4v) is 4.67. The molecule has 4 aromatic carbocycles. The van der Waals surface area contributed by atoms with Crippen LogP contribution in [0.3, 0.4) is 0 Å². The van der Waals surface area contributed by atoms with E-state index in [2.05, 4.69) is 26.8 Å². The lowest BCUT2D eigenvalue weighted by atomic mass is 9.83. The molecule has 1 atom stereocenters. The first-order chi connectivity index (χ1) is 19.6. The van der Waals surface area contributed by atoms with E-state index >= 15 is 0 Å². The molecule has 0 saturated heterocycles. The number of ether oxygens (including phenoxy) is 3. The van der Waals surface area contributed by atoms with Crippen LogP contribution >= 0.6 is 0 Å². The minimum Gasteiger partial charge on any atom is -0.489 e. The molecular weight excluding hydrogens is 519 g/mol. The Balaban J connectivity index is 1.39. The summed E-state index contributed by atoms with van der Waals surface area (Å²) in [4.78, 5) is 12.8. The van der Waals surface area contributed by atoms with Crippen LogP contribution in [0, 0.1) is 17.1 Å². The Morgan fingerprint density at radius 2 is 1.73 bits per heavy atom. The zero-order valence-electron chi connectivity index (χ0n) is 23.0. The van der Waals surface area contributed by atoms with Gasteiger partial charge < -0.3 is 19.9 Å². The molecule has 0 aromatic heterocycles. The normalized spacial score (nSPS) is 14.5. The summed E-state index contributed by atoms with van der Waals surface area (Å²) in [5.74, 6) is -0.265. The summed E-state index contributed by atoms with van der Waals surface area (Å²) in [5, 5.41) is 9.93. The van der Waals surface area contributed by atoms with Gasteiger partial charge in [-0.3, -0.25) is 0 Å². The first-order valence-electron chi connectivity index (χ1n) is 13.1. The third-order valence-corrected chi connectivity index (χ3v) is 6.93. The van der Waals surface area contributed by atoms with E-state index < -0.39 is 11.9 Å². The van der Waals surface area contributed by atoms with Gasteiger partial charge in [0.05, 0.1) is 11.5 Å². The number of nitriles is 1. The van der Waals surface area contributed by atoms with Gasteiger partial charge >= 0.3 is 5.97 Å². The molecule has 0 amide bonds. The summed E-state index contributed by atoms with van der Waals surface area (Å²) in [6.07, 6.45) is 0. The van der Waals surface area contributed by atoms with Gasteiger partial charge in [-0.25, -0.2) is 9.18 Å². The minimum atomic E-state index is -0.546. The monoisotopic (exact) mass is 548 g/mol. The number of esters is 1. The maximum absolute atomic E-state index is 14.1. The van der Waals surface area contributed by atoms with Gasteiger partial charge in [-0.05, 0) is 52.9 Å². The van der Waals surface area contributed by atoms with Crippen LogP contribution in [0.2, 0.25) is 0 Å². The van der Waals surface area contributed by atoms with E-state index in [1.165, 1.54) is 6.07 Å². The second kappa shape index (κ2) is 11.2. The van der Waals surface area contributed by atoms with Gasteiger partial charge in [0.25, 0.3) is 0 Å². The van der Waals surface area contributed by atoms with E-state index in [9.17, 15) is 14.4 Å². The predicted molar refractivity (Wildman–Crippen MR) is 153 cm³/mol. The van der Waals surface area contributed by atoms with Crippen LogP contribution in [-0.2, 0) is 12.0 Å². The average molecular weight is 549 g/mol. The van der Waals surface area contributed by atoms with Crippen LogP contribution in [0.5, 0.6) is 17.2 Å². The molecule has 6 nitrogen and oxygen atoms in total. The maximum Gasteiger partial charge on any atom is 0.343 e. The van der Waals surface area contributed by atoms with Crippen LogP contribution in [-0.4, -0.2) is 5.97 Å². The molecule has 0 saturated carbocycles. The highest BCUT2D eigenvalue weighted by atomic mass is 19.1. The van der Waals surface area contributed by atoms with Gasteiger partial charge in [-0.1, -0.05) is 69.3 Å². The SMILES string of the molecule is CC(C)(C)c1ccc(C(=O)Oc2ccc3c(c2)OC(N)=C(C#N)C3c2cccc(OCc3ccccc3F)c2)cc1. The smallest absolute Gasteiger partial charge is 0.343 e. The third kappa shape index (κ3) is 5.92. The van der Waals surface area contributed by atoms with Crippen molar-refractivity contribution in [1.82, 2.24) is 0 Å². The Morgan fingerprint density at radius 3 is 2.44 bits per heavy atom. The van der Waals surface area contributed by atoms with Gasteiger partial charge in [-0.2, -0.15) is 5.26 Å². The van der Waals surface area contributed by atoms with Crippen molar-refractivity contribution >= 4 is 5.97 Å². The predicted octanol–water partition coefficient (Wildman–Crippen LogP) is 7.14. The highest BCUT2D eigenvalue weighted by molar-refractivity contribution is 5.91.